The zero-order valence-electron chi connectivity index (χ0n) is 12.3. The van der Waals surface area contributed by atoms with Gasteiger partial charge in [0.25, 0.3) is 0 Å². The Balaban J connectivity index is 1.96. The van der Waals surface area contributed by atoms with Gasteiger partial charge in [-0.2, -0.15) is 0 Å². The monoisotopic (exact) mass is 276 g/mol. The third kappa shape index (κ3) is 3.31. The highest BCUT2D eigenvalue weighted by molar-refractivity contribution is 5.79. The van der Waals surface area contributed by atoms with Crippen molar-refractivity contribution >= 4 is 5.91 Å². The molecule has 110 valence electrons. The van der Waals surface area contributed by atoms with Crippen molar-refractivity contribution in [1.29, 1.82) is 0 Å². The van der Waals surface area contributed by atoms with Gasteiger partial charge < -0.3 is 15.8 Å². The molecule has 0 bridgehead atoms. The Morgan fingerprint density at radius 1 is 1.45 bits per heavy atom. The van der Waals surface area contributed by atoms with E-state index in [0.29, 0.717) is 19.0 Å². The first-order chi connectivity index (χ1) is 9.65. The number of hydrogen-bond acceptors (Lipinski definition) is 3. The zero-order chi connectivity index (χ0) is 14.5. The lowest BCUT2D eigenvalue weighted by molar-refractivity contribution is -0.126. The second kappa shape index (κ2) is 6.75. The molecule has 0 saturated heterocycles. The van der Waals surface area contributed by atoms with Crippen LogP contribution in [-0.2, 0) is 11.3 Å². The number of nitrogens with two attached hydrogens (primary N) is 1. The van der Waals surface area contributed by atoms with Gasteiger partial charge in [-0.3, -0.25) is 4.79 Å². The molecule has 1 fully saturated rings. The molecule has 0 aromatic heterocycles. The average Bonchev–Trinajstić information content (AvgIpc) is 2.94. The molecule has 1 amide bonds. The minimum absolute atomic E-state index is 0.0800. The lowest BCUT2D eigenvalue weighted by Gasteiger charge is -2.18. The van der Waals surface area contributed by atoms with E-state index in [0.717, 1.165) is 36.1 Å². The van der Waals surface area contributed by atoms with Crippen molar-refractivity contribution < 1.29 is 9.53 Å². The predicted molar refractivity (Wildman–Crippen MR) is 79.5 cm³/mol. The van der Waals surface area contributed by atoms with Crippen LogP contribution in [0.2, 0.25) is 0 Å². The third-order valence-electron chi connectivity index (χ3n) is 4.19. The molecule has 4 nitrogen and oxygen atoms in total. The van der Waals surface area contributed by atoms with Crippen LogP contribution in [0.1, 0.15) is 30.4 Å². The maximum absolute atomic E-state index is 12.2. The van der Waals surface area contributed by atoms with Crippen molar-refractivity contribution in [1.82, 2.24) is 5.32 Å². The summed E-state index contributed by atoms with van der Waals surface area (Å²) in [6, 6.07) is 6.02. The van der Waals surface area contributed by atoms with Gasteiger partial charge in [-0.15, -0.1) is 0 Å². The summed E-state index contributed by atoms with van der Waals surface area (Å²) in [5, 5.41) is 3.02. The van der Waals surface area contributed by atoms with Crippen LogP contribution in [0.25, 0.3) is 0 Å². The molecule has 0 aliphatic heterocycles. The number of carbonyl (C=O) groups excluding carboxylic acids is 1. The van der Waals surface area contributed by atoms with Crippen LogP contribution >= 0.6 is 0 Å². The van der Waals surface area contributed by atoms with Gasteiger partial charge in [0.1, 0.15) is 5.75 Å². The topological polar surface area (TPSA) is 64.3 Å². The summed E-state index contributed by atoms with van der Waals surface area (Å²) in [5.41, 5.74) is 7.89. The number of methoxy groups -OCH3 is 1. The number of rotatable bonds is 5. The Morgan fingerprint density at radius 3 is 2.95 bits per heavy atom. The van der Waals surface area contributed by atoms with Crippen molar-refractivity contribution in [2.24, 2.45) is 17.6 Å². The molecule has 1 saturated carbocycles. The average molecular weight is 276 g/mol. The van der Waals surface area contributed by atoms with E-state index in [4.69, 9.17) is 10.5 Å². The van der Waals surface area contributed by atoms with Crippen LogP contribution in [0.15, 0.2) is 18.2 Å². The van der Waals surface area contributed by atoms with Crippen LogP contribution in [-0.4, -0.2) is 19.6 Å². The first-order valence-electron chi connectivity index (χ1n) is 7.27. The van der Waals surface area contributed by atoms with E-state index in [1.54, 1.807) is 7.11 Å². The lowest BCUT2D eigenvalue weighted by Crippen LogP contribution is -2.34. The van der Waals surface area contributed by atoms with Crippen molar-refractivity contribution in [2.75, 3.05) is 13.7 Å². The fourth-order valence-corrected chi connectivity index (χ4v) is 2.98. The molecule has 20 heavy (non-hydrogen) atoms. The SMILES string of the molecule is COc1cc(C)ccc1CNC(=O)[C@@H]1CCC[C@@H]1CN. The Labute approximate surface area is 120 Å². The highest BCUT2D eigenvalue weighted by Gasteiger charge is 2.31. The Kier molecular flexibility index (Phi) is 5.01. The fraction of sp³-hybridized carbons (Fsp3) is 0.562. The van der Waals surface area contributed by atoms with Gasteiger partial charge in [0, 0.05) is 18.0 Å². The maximum Gasteiger partial charge on any atom is 0.223 e. The Bertz CT molecular complexity index is 474. The highest BCUT2D eigenvalue weighted by Crippen LogP contribution is 2.31. The van der Waals surface area contributed by atoms with Crippen LogP contribution in [0.5, 0.6) is 5.75 Å². The van der Waals surface area contributed by atoms with E-state index in [-0.39, 0.29) is 11.8 Å². The summed E-state index contributed by atoms with van der Waals surface area (Å²) < 4.78 is 5.35. The Hall–Kier alpha value is -1.55. The second-order valence-electron chi connectivity index (χ2n) is 5.57. The number of amides is 1. The molecule has 0 spiro atoms. The quantitative estimate of drug-likeness (QED) is 0.864. The van der Waals surface area contributed by atoms with Gasteiger partial charge in [0.2, 0.25) is 5.91 Å². The lowest BCUT2D eigenvalue weighted by atomic mass is 9.95. The summed E-state index contributed by atoms with van der Waals surface area (Å²) in [6.07, 6.45) is 3.13. The third-order valence-corrected chi connectivity index (χ3v) is 4.19. The molecule has 0 unspecified atom stereocenters. The summed E-state index contributed by atoms with van der Waals surface area (Å²) in [4.78, 5) is 12.2. The van der Waals surface area contributed by atoms with Crippen molar-refractivity contribution in [2.45, 2.75) is 32.7 Å². The first kappa shape index (κ1) is 14.9. The number of ether oxygens (including phenoxy) is 1. The van der Waals surface area contributed by atoms with E-state index in [2.05, 4.69) is 5.32 Å². The van der Waals surface area contributed by atoms with E-state index < -0.39 is 0 Å². The Morgan fingerprint density at radius 2 is 2.25 bits per heavy atom. The van der Waals surface area contributed by atoms with Crippen LogP contribution in [0, 0.1) is 18.8 Å². The number of carbonyl (C=O) groups is 1. The van der Waals surface area contributed by atoms with Gasteiger partial charge in [0.05, 0.1) is 7.11 Å². The molecule has 4 heteroatoms. The van der Waals surface area contributed by atoms with Gasteiger partial charge in [-0.1, -0.05) is 18.6 Å². The van der Waals surface area contributed by atoms with Gasteiger partial charge in [-0.25, -0.2) is 0 Å². The van der Waals surface area contributed by atoms with Crippen molar-refractivity contribution in [3.63, 3.8) is 0 Å². The zero-order valence-corrected chi connectivity index (χ0v) is 12.3. The predicted octanol–water partition coefficient (Wildman–Crippen LogP) is 1.99. The first-order valence-corrected chi connectivity index (χ1v) is 7.27. The molecule has 1 aromatic rings. The van der Waals surface area contributed by atoms with E-state index in [1.807, 2.05) is 25.1 Å². The summed E-state index contributed by atoms with van der Waals surface area (Å²) >= 11 is 0. The molecule has 0 radical (unpaired) electrons. The van der Waals surface area contributed by atoms with Crippen LogP contribution < -0.4 is 15.8 Å². The number of nitrogens with one attached hydrogen (secondary N) is 1. The largest absolute Gasteiger partial charge is 0.496 e. The van der Waals surface area contributed by atoms with Gasteiger partial charge in [-0.05, 0) is 43.9 Å². The number of hydrogen-bond donors (Lipinski definition) is 2. The minimum Gasteiger partial charge on any atom is -0.496 e. The standard InChI is InChI=1S/C16H24N2O2/c1-11-6-7-13(15(8-11)20-2)10-18-16(19)14-5-3-4-12(14)9-17/h6-8,12,14H,3-5,9-10,17H2,1-2H3,(H,18,19)/t12-,14-/m1/s1. The van der Waals surface area contributed by atoms with Crippen molar-refractivity contribution in [3.8, 4) is 5.75 Å². The fourth-order valence-electron chi connectivity index (χ4n) is 2.98. The van der Waals surface area contributed by atoms with Crippen LogP contribution in [0.4, 0.5) is 0 Å². The number of benzene rings is 1. The molecule has 1 aliphatic rings. The molecular formula is C16H24N2O2. The molecule has 1 aliphatic carbocycles. The molecule has 1 aromatic carbocycles. The molecule has 0 heterocycles. The molecular weight excluding hydrogens is 252 g/mol. The van der Waals surface area contributed by atoms with Crippen LogP contribution in [0.3, 0.4) is 0 Å². The smallest absolute Gasteiger partial charge is 0.223 e. The van der Waals surface area contributed by atoms with Crippen molar-refractivity contribution in [3.05, 3.63) is 29.3 Å². The molecule has 3 N–H and O–H groups in total. The van der Waals surface area contributed by atoms with Gasteiger partial charge in [0.15, 0.2) is 0 Å². The summed E-state index contributed by atoms with van der Waals surface area (Å²) in [7, 11) is 1.65. The minimum atomic E-state index is 0.0800. The normalized spacial score (nSPS) is 21.8. The van der Waals surface area contributed by atoms with Gasteiger partial charge >= 0.3 is 0 Å². The maximum atomic E-state index is 12.2. The number of aryl methyl sites for hydroxylation is 1. The highest BCUT2D eigenvalue weighted by atomic mass is 16.5. The molecule has 2 atom stereocenters. The second-order valence-corrected chi connectivity index (χ2v) is 5.57. The van der Waals surface area contributed by atoms with E-state index in [1.165, 1.54) is 0 Å². The van der Waals surface area contributed by atoms with E-state index >= 15 is 0 Å². The molecule has 2 rings (SSSR count). The summed E-state index contributed by atoms with van der Waals surface area (Å²) in [6.45, 7) is 3.14. The van der Waals surface area contributed by atoms with E-state index in [9.17, 15) is 4.79 Å². The summed E-state index contributed by atoms with van der Waals surface area (Å²) in [5.74, 6) is 1.37.